The second kappa shape index (κ2) is 7.33. The van der Waals surface area contributed by atoms with Gasteiger partial charge in [0.15, 0.2) is 5.82 Å². The van der Waals surface area contributed by atoms with Crippen molar-refractivity contribution in [2.45, 2.75) is 41.5 Å². The highest BCUT2D eigenvalue weighted by molar-refractivity contribution is 8.00. The van der Waals surface area contributed by atoms with Gasteiger partial charge in [-0.25, -0.2) is 9.97 Å². The van der Waals surface area contributed by atoms with Crippen molar-refractivity contribution < 1.29 is 0 Å². The molecule has 0 spiro atoms. The van der Waals surface area contributed by atoms with E-state index in [2.05, 4.69) is 57.1 Å². The Balaban J connectivity index is 1.42. The van der Waals surface area contributed by atoms with Gasteiger partial charge in [0, 0.05) is 29.1 Å². The molecule has 0 radical (unpaired) electrons. The van der Waals surface area contributed by atoms with Crippen LogP contribution in [0, 0.1) is 0 Å². The Bertz CT molecular complexity index is 714. The number of rotatable bonds is 4. The Kier molecular flexibility index (Phi) is 4.96. The van der Waals surface area contributed by atoms with Crippen LogP contribution in [0.25, 0.3) is 0 Å². The first-order valence-electron chi connectivity index (χ1n) is 8.54. The van der Waals surface area contributed by atoms with E-state index >= 15 is 0 Å². The largest absolute Gasteiger partial charge is 0.337 e. The number of hydrogen-bond donors (Lipinski definition) is 1. The highest BCUT2D eigenvalue weighted by atomic mass is 32.2. The maximum Gasteiger partial charge on any atom is 0.163 e. The number of thioether (sulfide) groups is 1. The summed E-state index contributed by atoms with van der Waals surface area (Å²) < 4.78 is 0. The van der Waals surface area contributed by atoms with Gasteiger partial charge < -0.3 is 5.32 Å². The molecule has 2 aliphatic heterocycles. The van der Waals surface area contributed by atoms with Gasteiger partial charge in [-0.2, -0.15) is 11.8 Å². The van der Waals surface area contributed by atoms with E-state index in [-0.39, 0.29) is 0 Å². The van der Waals surface area contributed by atoms with Crippen LogP contribution < -0.4 is 5.32 Å². The first-order chi connectivity index (χ1) is 11.8. The lowest BCUT2D eigenvalue weighted by atomic mass is 10.1. The van der Waals surface area contributed by atoms with Gasteiger partial charge in [0.2, 0.25) is 0 Å². The van der Waals surface area contributed by atoms with E-state index in [9.17, 15) is 0 Å². The van der Waals surface area contributed by atoms with Crippen LogP contribution in [0.3, 0.4) is 0 Å². The van der Waals surface area contributed by atoms with Crippen molar-refractivity contribution in [3.63, 3.8) is 0 Å². The van der Waals surface area contributed by atoms with Gasteiger partial charge in [-0.05, 0) is 49.4 Å². The number of anilines is 2. The van der Waals surface area contributed by atoms with E-state index in [1.54, 1.807) is 24.2 Å². The predicted molar refractivity (Wildman–Crippen MR) is 102 cm³/mol. The summed E-state index contributed by atoms with van der Waals surface area (Å²) in [5.74, 6) is 2.10. The fourth-order valence-corrected chi connectivity index (χ4v) is 5.20. The minimum absolute atomic E-state index is 0.864. The Labute approximate surface area is 151 Å². The van der Waals surface area contributed by atoms with Gasteiger partial charge in [-0.1, -0.05) is 24.8 Å². The number of hydrogen-bond acceptors (Lipinski definition) is 6. The molecule has 0 aliphatic carbocycles. The maximum absolute atomic E-state index is 4.38. The Morgan fingerprint density at radius 3 is 2.92 bits per heavy atom. The number of piperidine rings is 1. The fraction of sp³-hybridized carbons (Fsp3) is 0.444. The highest BCUT2D eigenvalue weighted by Crippen LogP contribution is 2.42. The highest BCUT2D eigenvalue weighted by Gasteiger charge is 2.21. The molecule has 4 nitrogen and oxygen atoms in total. The zero-order chi connectivity index (χ0) is 16.4. The van der Waals surface area contributed by atoms with Crippen LogP contribution >= 0.6 is 23.5 Å². The molecule has 2 aliphatic rings. The standard InChI is InChI=1S/C18H22N4S2/c1-2-23-14-5-9-22(10-6-14)12-13-3-4-16-15(11-13)21-17-18(24-16)20-8-7-19-17/h3-4,7-8,11,14H,2,5-6,9-10,12H2,1H3,(H,19,21). The second-order valence-corrected chi connectivity index (χ2v) is 8.81. The van der Waals surface area contributed by atoms with Crippen molar-refractivity contribution >= 4 is 35.0 Å². The SMILES string of the molecule is CCSC1CCN(Cc2ccc3c(c2)Nc2nccnc2S3)CC1. The summed E-state index contributed by atoms with van der Waals surface area (Å²) in [6.07, 6.45) is 6.12. The Morgan fingerprint density at radius 2 is 2.08 bits per heavy atom. The summed E-state index contributed by atoms with van der Waals surface area (Å²) in [5.41, 5.74) is 2.53. The summed E-state index contributed by atoms with van der Waals surface area (Å²) >= 11 is 3.81. The van der Waals surface area contributed by atoms with Gasteiger partial charge in [0.05, 0.1) is 5.69 Å². The molecule has 126 valence electrons. The van der Waals surface area contributed by atoms with Crippen molar-refractivity contribution in [2.75, 3.05) is 24.2 Å². The number of benzene rings is 1. The van der Waals surface area contributed by atoms with Crippen LogP contribution in [0.15, 0.2) is 40.5 Å². The first-order valence-corrected chi connectivity index (χ1v) is 10.4. The van der Waals surface area contributed by atoms with Crippen LogP contribution in [-0.4, -0.2) is 39.0 Å². The summed E-state index contributed by atoms with van der Waals surface area (Å²) in [5, 5.41) is 5.24. The molecule has 6 heteroatoms. The van der Waals surface area contributed by atoms with Gasteiger partial charge in [-0.3, -0.25) is 4.90 Å². The third-order valence-corrected chi connectivity index (χ3v) is 6.86. The number of nitrogens with zero attached hydrogens (tertiary/aromatic N) is 3. The number of fused-ring (bicyclic) bond motifs is 2. The molecule has 1 saturated heterocycles. The molecule has 0 saturated carbocycles. The lowest BCUT2D eigenvalue weighted by Gasteiger charge is -2.31. The molecule has 3 heterocycles. The Morgan fingerprint density at radius 1 is 1.25 bits per heavy atom. The zero-order valence-corrected chi connectivity index (χ0v) is 15.5. The number of aromatic nitrogens is 2. The van der Waals surface area contributed by atoms with Crippen molar-refractivity contribution in [1.82, 2.24) is 14.9 Å². The van der Waals surface area contributed by atoms with Crippen molar-refractivity contribution in [2.24, 2.45) is 0 Å². The molecule has 24 heavy (non-hydrogen) atoms. The number of nitrogens with one attached hydrogen (secondary N) is 1. The lowest BCUT2D eigenvalue weighted by Crippen LogP contribution is -2.34. The van der Waals surface area contributed by atoms with Crippen LogP contribution in [0.2, 0.25) is 0 Å². The van der Waals surface area contributed by atoms with E-state index in [0.29, 0.717) is 0 Å². The molecular formula is C18H22N4S2. The molecular weight excluding hydrogens is 336 g/mol. The zero-order valence-electron chi connectivity index (χ0n) is 13.9. The Hall–Kier alpha value is -1.24. The molecule has 0 bridgehead atoms. The first kappa shape index (κ1) is 16.2. The van der Waals surface area contributed by atoms with E-state index < -0.39 is 0 Å². The minimum Gasteiger partial charge on any atom is -0.337 e. The van der Waals surface area contributed by atoms with Crippen LogP contribution in [0.1, 0.15) is 25.3 Å². The monoisotopic (exact) mass is 358 g/mol. The molecule has 0 amide bonds. The summed E-state index contributed by atoms with van der Waals surface area (Å²) in [7, 11) is 0. The minimum atomic E-state index is 0.864. The predicted octanol–water partition coefficient (Wildman–Crippen LogP) is 4.40. The van der Waals surface area contributed by atoms with Crippen LogP contribution in [-0.2, 0) is 6.54 Å². The van der Waals surface area contributed by atoms with Crippen molar-refractivity contribution in [1.29, 1.82) is 0 Å². The van der Waals surface area contributed by atoms with E-state index in [0.717, 1.165) is 28.3 Å². The maximum atomic E-state index is 4.38. The van der Waals surface area contributed by atoms with Crippen LogP contribution in [0.4, 0.5) is 11.5 Å². The smallest absolute Gasteiger partial charge is 0.163 e. The van der Waals surface area contributed by atoms with Gasteiger partial charge >= 0.3 is 0 Å². The molecule has 0 unspecified atom stereocenters. The fourth-order valence-electron chi connectivity index (χ4n) is 3.31. The molecule has 1 N–H and O–H groups in total. The topological polar surface area (TPSA) is 41.0 Å². The van der Waals surface area contributed by atoms with Gasteiger partial charge in [0.1, 0.15) is 5.03 Å². The average Bonchev–Trinajstić information content (AvgIpc) is 2.62. The molecule has 0 atom stereocenters. The molecule has 1 aromatic heterocycles. The second-order valence-electron chi connectivity index (χ2n) is 6.20. The normalized spacial score (nSPS) is 17.9. The third-order valence-electron chi connectivity index (χ3n) is 4.51. The van der Waals surface area contributed by atoms with E-state index in [1.165, 1.54) is 42.1 Å². The molecule has 4 rings (SSSR count). The van der Waals surface area contributed by atoms with E-state index in [1.807, 2.05) is 0 Å². The summed E-state index contributed by atoms with van der Waals surface area (Å²) in [4.78, 5) is 12.6. The number of likely N-dealkylation sites (tertiary alicyclic amines) is 1. The molecule has 2 aromatic rings. The average molecular weight is 359 g/mol. The third kappa shape index (κ3) is 3.55. The lowest BCUT2D eigenvalue weighted by molar-refractivity contribution is 0.225. The summed E-state index contributed by atoms with van der Waals surface area (Å²) in [6.45, 7) is 5.73. The van der Waals surface area contributed by atoms with Gasteiger partial charge in [0.25, 0.3) is 0 Å². The van der Waals surface area contributed by atoms with Crippen LogP contribution in [0.5, 0.6) is 0 Å². The summed E-state index contributed by atoms with van der Waals surface area (Å²) in [6, 6.07) is 6.73. The molecule has 1 fully saturated rings. The van der Waals surface area contributed by atoms with Crippen molar-refractivity contribution in [3.8, 4) is 0 Å². The van der Waals surface area contributed by atoms with Crippen molar-refractivity contribution in [3.05, 3.63) is 36.2 Å². The molecule has 1 aromatic carbocycles. The van der Waals surface area contributed by atoms with Gasteiger partial charge in [-0.15, -0.1) is 0 Å². The quantitative estimate of drug-likeness (QED) is 0.745. The van der Waals surface area contributed by atoms with E-state index in [4.69, 9.17) is 0 Å².